The minimum atomic E-state index is -2.45. The molecule has 14 heavy (non-hydrogen) atoms. The van der Waals surface area contributed by atoms with Crippen LogP contribution in [0, 0.1) is 5.41 Å². The van der Waals surface area contributed by atoms with E-state index in [2.05, 4.69) is 0 Å². The average molecular weight is 202 g/mol. The van der Waals surface area contributed by atoms with Crippen LogP contribution in [0.15, 0.2) is 0 Å². The Bertz CT molecular complexity index is 280. The second kappa shape index (κ2) is 3.38. The molecule has 0 aromatic carbocycles. The largest absolute Gasteiger partial charge is 0.480 e. The molecule has 0 heterocycles. The number of hydrogen-bond acceptors (Lipinski definition) is 4. The molecule has 3 N–H and O–H groups in total. The Hall–Kier alpha value is -1.43. The summed E-state index contributed by atoms with van der Waals surface area (Å²) in [6.07, 6.45) is -1.67. The van der Waals surface area contributed by atoms with Gasteiger partial charge in [0.2, 0.25) is 5.41 Å². The van der Waals surface area contributed by atoms with E-state index < -0.39 is 35.7 Å². The summed E-state index contributed by atoms with van der Waals surface area (Å²) >= 11 is 0. The zero-order valence-electron chi connectivity index (χ0n) is 7.27. The molecule has 0 aromatic rings. The van der Waals surface area contributed by atoms with Gasteiger partial charge < -0.3 is 15.3 Å². The summed E-state index contributed by atoms with van der Waals surface area (Å²) in [4.78, 5) is 32.8. The van der Waals surface area contributed by atoms with Gasteiger partial charge in [-0.15, -0.1) is 0 Å². The summed E-state index contributed by atoms with van der Waals surface area (Å²) in [5, 5.41) is 26.7. The molecule has 0 saturated heterocycles. The number of carboxylic acids is 2. The van der Waals surface area contributed by atoms with Crippen LogP contribution < -0.4 is 0 Å². The molecule has 6 nitrogen and oxygen atoms in total. The van der Waals surface area contributed by atoms with E-state index in [9.17, 15) is 19.5 Å². The van der Waals surface area contributed by atoms with Crippen LogP contribution in [0.3, 0.4) is 0 Å². The molecule has 1 saturated carbocycles. The first-order valence-corrected chi connectivity index (χ1v) is 4.09. The van der Waals surface area contributed by atoms with Crippen LogP contribution in [0.2, 0.25) is 0 Å². The smallest absolute Gasteiger partial charge is 0.328 e. The summed E-state index contributed by atoms with van der Waals surface area (Å²) in [5.41, 5.74) is -2.45. The molecule has 6 heteroatoms. The Kier molecular flexibility index (Phi) is 2.57. The van der Waals surface area contributed by atoms with Crippen molar-refractivity contribution in [2.75, 3.05) is 0 Å². The molecule has 78 valence electrons. The van der Waals surface area contributed by atoms with Gasteiger partial charge >= 0.3 is 11.9 Å². The molecule has 0 bridgehead atoms. The van der Waals surface area contributed by atoms with E-state index in [-0.39, 0.29) is 12.8 Å². The molecule has 0 aliphatic heterocycles. The second-order valence-electron chi connectivity index (χ2n) is 3.34. The number of carbonyl (C=O) groups excluding carboxylic acids is 1. The van der Waals surface area contributed by atoms with E-state index in [1.165, 1.54) is 0 Å². The Balaban J connectivity index is 3.11. The first kappa shape index (κ1) is 10.6. The number of aliphatic hydroxyl groups excluding tert-OH is 1. The fraction of sp³-hybridized carbons (Fsp3) is 0.625. The fourth-order valence-corrected chi connectivity index (χ4v) is 1.59. The fourth-order valence-electron chi connectivity index (χ4n) is 1.59. The standard InChI is InChI=1S/C8H10O6/c9-4-1-2-5(10)8(3-4,6(11)12)7(13)14/h4,9H,1-3H2,(H,11,12)(H,13,14). The predicted octanol–water partition coefficient (Wildman–Crippen LogP) is -0.744. The zero-order valence-corrected chi connectivity index (χ0v) is 7.27. The van der Waals surface area contributed by atoms with Gasteiger partial charge in [-0.05, 0) is 6.42 Å². The van der Waals surface area contributed by atoms with Gasteiger partial charge in [-0.25, -0.2) is 0 Å². The average Bonchev–Trinajstić information content (AvgIpc) is 2.08. The van der Waals surface area contributed by atoms with Gasteiger partial charge in [0.15, 0.2) is 5.78 Å². The third-order valence-corrected chi connectivity index (χ3v) is 2.45. The Morgan fingerprint density at radius 2 is 1.79 bits per heavy atom. The number of ketones is 1. The number of rotatable bonds is 2. The third-order valence-electron chi connectivity index (χ3n) is 2.45. The molecule has 1 aliphatic rings. The normalized spacial score (nSPS) is 25.8. The van der Waals surface area contributed by atoms with Crippen molar-refractivity contribution in [3.8, 4) is 0 Å². The molecule has 1 unspecified atom stereocenters. The Labute approximate surface area is 79.2 Å². The SMILES string of the molecule is O=C(O)C1(C(=O)O)CC(O)CCC1=O. The van der Waals surface area contributed by atoms with Crippen LogP contribution in [-0.2, 0) is 14.4 Å². The number of aliphatic carboxylic acids is 2. The molecule has 1 rings (SSSR count). The van der Waals surface area contributed by atoms with Crippen molar-refractivity contribution < 1.29 is 29.7 Å². The van der Waals surface area contributed by atoms with Gasteiger partial charge in [0.25, 0.3) is 0 Å². The van der Waals surface area contributed by atoms with Crippen molar-refractivity contribution >= 4 is 17.7 Å². The zero-order chi connectivity index (χ0) is 10.9. The summed E-state index contributed by atoms with van der Waals surface area (Å²) in [5.74, 6) is -4.25. The van der Waals surface area contributed by atoms with Crippen LogP contribution in [0.1, 0.15) is 19.3 Å². The molecule has 0 aromatic heterocycles. The van der Waals surface area contributed by atoms with E-state index in [1.807, 2.05) is 0 Å². The third kappa shape index (κ3) is 1.37. The van der Waals surface area contributed by atoms with Gasteiger partial charge in [0.05, 0.1) is 6.10 Å². The molecule has 1 fully saturated rings. The summed E-state index contributed by atoms with van der Waals surface area (Å²) < 4.78 is 0. The van der Waals surface area contributed by atoms with Gasteiger partial charge in [-0.2, -0.15) is 0 Å². The lowest BCUT2D eigenvalue weighted by Crippen LogP contribution is -2.51. The monoisotopic (exact) mass is 202 g/mol. The van der Waals surface area contributed by atoms with Crippen LogP contribution in [-0.4, -0.2) is 39.1 Å². The van der Waals surface area contributed by atoms with Crippen molar-refractivity contribution in [3.63, 3.8) is 0 Å². The van der Waals surface area contributed by atoms with Gasteiger partial charge in [-0.3, -0.25) is 14.4 Å². The molecular weight excluding hydrogens is 192 g/mol. The molecular formula is C8H10O6. The minimum Gasteiger partial charge on any atom is -0.480 e. The summed E-state index contributed by atoms with van der Waals surface area (Å²) in [6.45, 7) is 0. The quantitative estimate of drug-likeness (QED) is 0.508. The van der Waals surface area contributed by atoms with Crippen molar-refractivity contribution in [2.45, 2.75) is 25.4 Å². The van der Waals surface area contributed by atoms with Crippen molar-refractivity contribution in [1.29, 1.82) is 0 Å². The highest BCUT2D eigenvalue weighted by molar-refractivity contribution is 6.19. The molecule has 0 spiro atoms. The Morgan fingerprint density at radius 3 is 2.14 bits per heavy atom. The van der Waals surface area contributed by atoms with Gasteiger partial charge in [-0.1, -0.05) is 0 Å². The molecule has 0 amide bonds. The maximum absolute atomic E-state index is 11.3. The molecule has 1 atom stereocenters. The van der Waals surface area contributed by atoms with E-state index in [1.54, 1.807) is 0 Å². The molecule has 0 radical (unpaired) electrons. The molecule has 1 aliphatic carbocycles. The van der Waals surface area contributed by atoms with Crippen molar-refractivity contribution in [2.24, 2.45) is 5.41 Å². The first-order valence-electron chi connectivity index (χ1n) is 4.09. The topological polar surface area (TPSA) is 112 Å². The Morgan fingerprint density at radius 1 is 1.29 bits per heavy atom. The summed E-state index contributed by atoms with van der Waals surface area (Å²) in [7, 11) is 0. The van der Waals surface area contributed by atoms with Gasteiger partial charge in [0, 0.05) is 12.8 Å². The van der Waals surface area contributed by atoms with Gasteiger partial charge in [0.1, 0.15) is 0 Å². The minimum absolute atomic E-state index is 0.126. The number of carbonyl (C=O) groups is 3. The number of carboxylic acid groups (broad SMARTS) is 2. The van der Waals surface area contributed by atoms with Crippen LogP contribution >= 0.6 is 0 Å². The van der Waals surface area contributed by atoms with E-state index in [0.717, 1.165) is 0 Å². The van der Waals surface area contributed by atoms with E-state index in [4.69, 9.17) is 10.2 Å². The van der Waals surface area contributed by atoms with E-state index >= 15 is 0 Å². The highest BCUT2D eigenvalue weighted by atomic mass is 16.4. The van der Waals surface area contributed by atoms with Crippen molar-refractivity contribution in [3.05, 3.63) is 0 Å². The maximum atomic E-state index is 11.3. The van der Waals surface area contributed by atoms with Crippen molar-refractivity contribution in [1.82, 2.24) is 0 Å². The highest BCUT2D eigenvalue weighted by Gasteiger charge is 2.56. The summed E-state index contributed by atoms with van der Waals surface area (Å²) in [6, 6.07) is 0. The highest BCUT2D eigenvalue weighted by Crippen LogP contribution is 2.34. The maximum Gasteiger partial charge on any atom is 0.328 e. The number of hydrogen-bond donors (Lipinski definition) is 3. The lowest BCUT2D eigenvalue weighted by Gasteiger charge is -2.30. The number of aliphatic hydroxyl groups is 1. The predicted molar refractivity (Wildman–Crippen MR) is 42.6 cm³/mol. The lowest BCUT2D eigenvalue weighted by atomic mass is 9.72. The second-order valence-corrected chi connectivity index (χ2v) is 3.34. The van der Waals surface area contributed by atoms with Crippen LogP contribution in [0.4, 0.5) is 0 Å². The first-order chi connectivity index (χ1) is 6.41. The van der Waals surface area contributed by atoms with Crippen LogP contribution in [0.5, 0.6) is 0 Å². The lowest BCUT2D eigenvalue weighted by molar-refractivity contribution is -0.173. The van der Waals surface area contributed by atoms with Crippen LogP contribution in [0.25, 0.3) is 0 Å². The number of Topliss-reactive ketones (excluding diaryl/α,β-unsaturated/α-hetero) is 1. The van der Waals surface area contributed by atoms with E-state index in [0.29, 0.717) is 0 Å².